The first kappa shape index (κ1) is 19.4. The van der Waals surface area contributed by atoms with Crippen molar-refractivity contribution in [3.05, 3.63) is 16.4 Å². The van der Waals surface area contributed by atoms with Crippen molar-refractivity contribution in [2.45, 2.75) is 64.0 Å². The highest BCUT2D eigenvalue weighted by Gasteiger charge is 2.34. The highest BCUT2D eigenvalue weighted by Crippen LogP contribution is 2.34. The number of nitrogens with zero attached hydrogens (tertiary/aromatic N) is 3. The number of aromatic nitrogens is 2. The number of carbonyl (C=O) groups excluding carboxylic acids is 1. The van der Waals surface area contributed by atoms with E-state index < -0.39 is 17.2 Å². The van der Waals surface area contributed by atoms with Crippen molar-refractivity contribution >= 4 is 29.2 Å². The maximum Gasteiger partial charge on any atom is 0.407 e. The van der Waals surface area contributed by atoms with E-state index in [2.05, 4.69) is 25.8 Å². The monoisotopic (exact) mass is 369 g/mol. The van der Waals surface area contributed by atoms with Crippen LogP contribution < -0.4 is 10.6 Å². The van der Waals surface area contributed by atoms with Crippen molar-refractivity contribution in [2.75, 3.05) is 11.9 Å². The van der Waals surface area contributed by atoms with Crippen molar-refractivity contribution < 1.29 is 9.53 Å². The van der Waals surface area contributed by atoms with E-state index in [1.807, 2.05) is 20.8 Å². The molecule has 25 heavy (non-hydrogen) atoms. The third-order valence-electron chi connectivity index (χ3n) is 4.00. The quantitative estimate of drug-likeness (QED) is 0.596. The zero-order chi connectivity index (χ0) is 18.5. The number of nitroso groups, excluding NO2 is 1. The van der Waals surface area contributed by atoms with E-state index in [1.165, 1.54) is 6.20 Å². The van der Waals surface area contributed by atoms with Crippen LogP contribution in [0, 0.1) is 4.91 Å². The normalized spacial score (nSPS) is 16.8. The minimum Gasteiger partial charge on any atom is -0.444 e. The number of ether oxygens (including phenoxy) is 1. The number of carbonyl (C=O) groups is 1. The third-order valence-corrected chi connectivity index (χ3v) is 4.18. The first-order chi connectivity index (χ1) is 11.7. The lowest BCUT2D eigenvalue weighted by molar-refractivity contribution is 0.0512. The minimum absolute atomic E-state index is 0.0287. The average Bonchev–Trinajstić information content (AvgIpc) is 2.53. The Morgan fingerprint density at radius 1 is 1.36 bits per heavy atom. The van der Waals surface area contributed by atoms with Crippen molar-refractivity contribution in [3.63, 3.8) is 0 Å². The minimum atomic E-state index is -0.563. The van der Waals surface area contributed by atoms with Crippen LogP contribution in [0.15, 0.2) is 11.4 Å². The lowest BCUT2D eigenvalue weighted by atomic mass is 9.81. The lowest BCUT2D eigenvalue weighted by Crippen LogP contribution is -2.51. The number of anilines is 1. The van der Waals surface area contributed by atoms with Crippen LogP contribution in [-0.2, 0) is 4.74 Å². The molecule has 0 atom stereocenters. The Labute approximate surface area is 152 Å². The van der Waals surface area contributed by atoms with Gasteiger partial charge in [-0.3, -0.25) is 0 Å². The number of hydrogen-bond acceptors (Lipinski definition) is 7. The highest BCUT2D eigenvalue weighted by molar-refractivity contribution is 6.28. The van der Waals surface area contributed by atoms with E-state index in [9.17, 15) is 9.70 Å². The standard InChI is InChI=1S/C16H24ClN5O3/c1-15(2,3)25-14(23)19-10-16(7-5-4-6-8-16)21-12-11(22-24)9-18-13(17)20-12/h9H,4-8,10H2,1-3H3,(H,19,23)(H,18,20,21). The summed E-state index contributed by atoms with van der Waals surface area (Å²) in [6.45, 7) is 5.78. The summed E-state index contributed by atoms with van der Waals surface area (Å²) in [5, 5.41) is 9.06. The van der Waals surface area contributed by atoms with Crippen LogP contribution in [0.1, 0.15) is 52.9 Å². The Bertz CT molecular complexity index is 627. The second-order valence-corrected chi connectivity index (χ2v) is 7.62. The summed E-state index contributed by atoms with van der Waals surface area (Å²) >= 11 is 5.84. The molecule has 138 valence electrons. The molecule has 0 aliphatic heterocycles. The van der Waals surface area contributed by atoms with Gasteiger partial charge in [0, 0.05) is 6.54 Å². The van der Waals surface area contributed by atoms with E-state index in [0.717, 1.165) is 32.1 Å². The van der Waals surface area contributed by atoms with Gasteiger partial charge in [-0.15, -0.1) is 4.91 Å². The lowest BCUT2D eigenvalue weighted by Gasteiger charge is -2.39. The Morgan fingerprint density at radius 2 is 2.04 bits per heavy atom. The van der Waals surface area contributed by atoms with Gasteiger partial charge >= 0.3 is 6.09 Å². The van der Waals surface area contributed by atoms with Gasteiger partial charge in [-0.2, -0.15) is 4.98 Å². The van der Waals surface area contributed by atoms with Gasteiger partial charge in [0.15, 0.2) is 11.5 Å². The molecule has 2 rings (SSSR count). The topological polar surface area (TPSA) is 106 Å². The van der Waals surface area contributed by atoms with Crippen molar-refractivity contribution in [2.24, 2.45) is 5.18 Å². The van der Waals surface area contributed by atoms with Crippen LogP contribution in [0.2, 0.25) is 5.28 Å². The van der Waals surface area contributed by atoms with Crippen molar-refractivity contribution in [1.82, 2.24) is 15.3 Å². The van der Waals surface area contributed by atoms with Crippen LogP contribution in [-0.4, -0.2) is 33.7 Å². The molecule has 9 heteroatoms. The first-order valence-corrected chi connectivity index (χ1v) is 8.72. The number of amides is 1. The maximum atomic E-state index is 12.0. The number of rotatable bonds is 5. The van der Waals surface area contributed by atoms with Crippen LogP contribution in [0.4, 0.5) is 16.3 Å². The molecule has 0 radical (unpaired) electrons. The van der Waals surface area contributed by atoms with Gasteiger partial charge < -0.3 is 15.4 Å². The van der Waals surface area contributed by atoms with E-state index in [1.54, 1.807) is 0 Å². The van der Waals surface area contributed by atoms with Gasteiger partial charge in [-0.25, -0.2) is 9.78 Å². The fourth-order valence-corrected chi connectivity index (χ4v) is 3.03. The zero-order valence-corrected chi connectivity index (χ0v) is 15.5. The van der Waals surface area contributed by atoms with Gasteiger partial charge in [-0.05, 0) is 50.4 Å². The Kier molecular flexibility index (Phi) is 6.16. The van der Waals surface area contributed by atoms with E-state index >= 15 is 0 Å². The van der Waals surface area contributed by atoms with Crippen molar-refractivity contribution in [3.8, 4) is 0 Å². The summed E-state index contributed by atoms with van der Waals surface area (Å²) in [4.78, 5) is 30.8. The predicted molar refractivity (Wildman–Crippen MR) is 96.2 cm³/mol. The molecule has 0 saturated heterocycles. The van der Waals surface area contributed by atoms with Crippen LogP contribution in [0.3, 0.4) is 0 Å². The van der Waals surface area contributed by atoms with Gasteiger partial charge in [-0.1, -0.05) is 19.3 Å². The Balaban J connectivity index is 2.14. The molecule has 0 spiro atoms. The van der Waals surface area contributed by atoms with Gasteiger partial charge in [0.1, 0.15) is 5.60 Å². The summed E-state index contributed by atoms with van der Waals surface area (Å²) in [7, 11) is 0. The van der Waals surface area contributed by atoms with Crippen LogP contribution in [0.25, 0.3) is 0 Å². The first-order valence-electron chi connectivity index (χ1n) is 8.34. The molecule has 1 heterocycles. The molecule has 1 fully saturated rings. The van der Waals surface area contributed by atoms with E-state index in [4.69, 9.17) is 16.3 Å². The summed E-state index contributed by atoms with van der Waals surface area (Å²) in [6.07, 6.45) is 5.58. The second kappa shape index (κ2) is 7.95. The molecule has 1 amide bonds. The number of alkyl carbamates (subject to hydrolysis) is 1. The third kappa shape index (κ3) is 5.81. The fraction of sp³-hybridized carbons (Fsp3) is 0.688. The molecule has 1 aliphatic rings. The molecule has 2 N–H and O–H groups in total. The molecule has 1 aromatic heterocycles. The zero-order valence-electron chi connectivity index (χ0n) is 14.8. The largest absolute Gasteiger partial charge is 0.444 e. The maximum absolute atomic E-state index is 12.0. The van der Waals surface area contributed by atoms with E-state index in [0.29, 0.717) is 6.54 Å². The van der Waals surface area contributed by atoms with Crippen molar-refractivity contribution in [1.29, 1.82) is 0 Å². The molecule has 0 unspecified atom stereocenters. The molecular weight excluding hydrogens is 346 g/mol. The molecule has 0 aromatic carbocycles. The van der Waals surface area contributed by atoms with Crippen LogP contribution in [0.5, 0.6) is 0 Å². The average molecular weight is 370 g/mol. The molecule has 1 aliphatic carbocycles. The molecular formula is C16H24ClN5O3. The number of halogens is 1. The van der Waals surface area contributed by atoms with Crippen LogP contribution >= 0.6 is 11.6 Å². The summed E-state index contributed by atoms with van der Waals surface area (Å²) in [5.74, 6) is 0.280. The molecule has 8 nitrogen and oxygen atoms in total. The second-order valence-electron chi connectivity index (χ2n) is 7.29. The Morgan fingerprint density at radius 3 is 2.64 bits per heavy atom. The highest BCUT2D eigenvalue weighted by atomic mass is 35.5. The number of nitrogens with one attached hydrogen (secondary N) is 2. The summed E-state index contributed by atoms with van der Waals surface area (Å²) in [6, 6.07) is 0. The molecule has 0 bridgehead atoms. The number of hydrogen-bond donors (Lipinski definition) is 2. The predicted octanol–water partition coefficient (Wildman–Crippen LogP) is 4.17. The van der Waals surface area contributed by atoms with E-state index in [-0.39, 0.29) is 16.8 Å². The fourth-order valence-electron chi connectivity index (χ4n) is 2.89. The van der Waals surface area contributed by atoms with Gasteiger partial charge in [0.2, 0.25) is 5.28 Å². The van der Waals surface area contributed by atoms with Gasteiger partial charge in [0.25, 0.3) is 0 Å². The smallest absolute Gasteiger partial charge is 0.407 e. The SMILES string of the molecule is CC(C)(C)OC(=O)NCC1(Nc2nc(Cl)ncc2N=O)CCCCC1. The van der Waals surface area contributed by atoms with Gasteiger partial charge in [0.05, 0.1) is 11.7 Å². The summed E-state index contributed by atoms with van der Waals surface area (Å²) < 4.78 is 5.29. The Hall–Kier alpha value is -1.96. The summed E-state index contributed by atoms with van der Waals surface area (Å²) in [5.41, 5.74) is -0.912. The molecule has 1 aromatic rings. The molecule has 1 saturated carbocycles.